The summed E-state index contributed by atoms with van der Waals surface area (Å²) in [7, 11) is 1.51. The van der Waals surface area contributed by atoms with Crippen molar-refractivity contribution in [2.75, 3.05) is 20.3 Å². The van der Waals surface area contributed by atoms with E-state index in [0.717, 1.165) is 23.4 Å². The number of aromatic nitrogens is 2. The van der Waals surface area contributed by atoms with Gasteiger partial charge in [0, 0.05) is 19.7 Å². The molecule has 0 aliphatic carbocycles. The highest BCUT2D eigenvalue weighted by atomic mass is 32.1. The first kappa shape index (κ1) is 15.9. The molecule has 0 radical (unpaired) electrons. The highest BCUT2D eigenvalue weighted by molar-refractivity contribution is 7.13. The minimum Gasteiger partial charge on any atom is -0.375 e. The van der Waals surface area contributed by atoms with Crippen molar-refractivity contribution in [2.45, 2.75) is 25.4 Å². The molecular formula is C16H19N3O3S. The number of hydrogen-bond acceptors (Lipinski definition) is 5. The van der Waals surface area contributed by atoms with Crippen molar-refractivity contribution in [3.63, 3.8) is 0 Å². The second-order valence-electron chi connectivity index (χ2n) is 5.53. The maximum Gasteiger partial charge on any atom is 0.266 e. The van der Waals surface area contributed by atoms with Gasteiger partial charge in [-0.1, -0.05) is 6.07 Å². The number of ether oxygens (including phenoxy) is 1. The lowest BCUT2D eigenvalue weighted by Crippen LogP contribution is -2.42. The van der Waals surface area contributed by atoms with Gasteiger partial charge in [-0.25, -0.2) is 4.68 Å². The zero-order chi connectivity index (χ0) is 16.2. The average Bonchev–Trinajstić information content (AvgIpc) is 3.21. The highest BCUT2D eigenvalue weighted by Gasteiger charge is 2.29. The van der Waals surface area contributed by atoms with Crippen LogP contribution in [0.15, 0.2) is 34.4 Å². The fourth-order valence-electron chi connectivity index (χ4n) is 2.90. The van der Waals surface area contributed by atoms with Crippen LogP contribution in [0.4, 0.5) is 0 Å². The van der Waals surface area contributed by atoms with Crippen LogP contribution >= 0.6 is 11.3 Å². The first-order chi connectivity index (χ1) is 11.2. The lowest BCUT2D eigenvalue weighted by atomic mass is 10.2. The molecule has 2 aromatic heterocycles. The van der Waals surface area contributed by atoms with E-state index in [-0.39, 0.29) is 24.1 Å². The number of rotatable bonds is 5. The molecule has 1 atom stereocenters. The molecule has 6 nitrogen and oxygen atoms in total. The Morgan fingerprint density at radius 1 is 1.43 bits per heavy atom. The fourth-order valence-corrected chi connectivity index (χ4v) is 3.59. The van der Waals surface area contributed by atoms with Crippen molar-refractivity contribution in [2.24, 2.45) is 0 Å². The highest BCUT2D eigenvalue weighted by Crippen LogP contribution is 2.22. The number of nitrogens with zero attached hydrogens (tertiary/aromatic N) is 3. The van der Waals surface area contributed by atoms with Crippen molar-refractivity contribution in [1.82, 2.24) is 14.7 Å². The Hall–Kier alpha value is -1.99. The average molecular weight is 333 g/mol. The van der Waals surface area contributed by atoms with Crippen LogP contribution in [0, 0.1) is 0 Å². The number of thiophene rings is 1. The van der Waals surface area contributed by atoms with E-state index in [2.05, 4.69) is 5.10 Å². The Morgan fingerprint density at radius 3 is 3.04 bits per heavy atom. The Labute approximate surface area is 138 Å². The van der Waals surface area contributed by atoms with E-state index in [9.17, 15) is 9.59 Å². The summed E-state index contributed by atoms with van der Waals surface area (Å²) in [6.07, 6.45) is 1.83. The van der Waals surface area contributed by atoms with Gasteiger partial charge in [-0.2, -0.15) is 5.10 Å². The van der Waals surface area contributed by atoms with Crippen LogP contribution in [0.25, 0.3) is 10.6 Å². The summed E-state index contributed by atoms with van der Waals surface area (Å²) in [5.74, 6) is -0.0301. The zero-order valence-electron chi connectivity index (χ0n) is 13.0. The van der Waals surface area contributed by atoms with Crippen LogP contribution in [0.3, 0.4) is 0 Å². The quantitative estimate of drug-likeness (QED) is 0.834. The van der Waals surface area contributed by atoms with Gasteiger partial charge in [-0.05, 0) is 30.4 Å². The van der Waals surface area contributed by atoms with Gasteiger partial charge in [-0.3, -0.25) is 9.59 Å². The van der Waals surface area contributed by atoms with E-state index < -0.39 is 0 Å². The number of likely N-dealkylation sites (tertiary alicyclic amines) is 1. The van der Waals surface area contributed by atoms with Gasteiger partial charge in [0.2, 0.25) is 5.91 Å². The zero-order valence-corrected chi connectivity index (χ0v) is 13.8. The van der Waals surface area contributed by atoms with Crippen LogP contribution < -0.4 is 5.56 Å². The lowest BCUT2D eigenvalue weighted by molar-refractivity contribution is -0.136. The molecule has 3 rings (SSSR count). The van der Waals surface area contributed by atoms with E-state index in [1.165, 1.54) is 11.8 Å². The number of carbonyl (C=O) groups is 1. The van der Waals surface area contributed by atoms with Crippen LogP contribution in [-0.2, 0) is 16.1 Å². The van der Waals surface area contributed by atoms with Gasteiger partial charge in [-0.15, -0.1) is 11.3 Å². The first-order valence-electron chi connectivity index (χ1n) is 7.59. The molecule has 1 amide bonds. The smallest absolute Gasteiger partial charge is 0.266 e. The third kappa shape index (κ3) is 3.51. The molecule has 122 valence electrons. The maximum absolute atomic E-state index is 12.1. The molecule has 23 heavy (non-hydrogen) atoms. The minimum atomic E-state index is -0.142. The van der Waals surface area contributed by atoms with Crippen LogP contribution in [0.1, 0.15) is 12.8 Å². The van der Waals surface area contributed by atoms with Gasteiger partial charge >= 0.3 is 0 Å². The molecule has 7 heteroatoms. The molecule has 0 saturated carbocycles. The predicted octanol–water partition coefficient (Wildman–Crippen LogP) is 1.61. The van der Waals surface area contributed by atoms with Crippen LogP contribution in [-0.4, -0.2) is 46.9 Å². The van der Waals surface area contributed by atoms with E-state index in [1.807, 2.05) is 17.5 Å². The van der Waals surface area contributed by atoms with E-state index >= 15 is 0 Å². The van der Waals surface area contributed by atoms with Crippen molar-refractivity contribution in [3.8, 4) is 10.6 Å². The van der Waals surface area contributed by atoms with Crippen molar-refractivity contribution < 1.29 is 9.53 Å². The number of methoxy groups -OCH3 is 1. The SMILES string of the molecule is COCC(=O)N1CCC[C@@H]1Cn1nc(-c2cccs2)ccc1=O. The van der Waals surface area contributed by atoms with Gasteiger partial charge in [0.25, 0.3) is 5.56 Å². The third-order valence-corrected chi connectivity index (χ3v) is 4.88. The van der Waals surface area contributed by atoms with Crippen molar-refractivity contribution in [3.05, 3.63) is 40.0 Å². The maximum atomic E-state index is 12.1. The van der Waals surface area contributed by atoms with E-state index in [0.29, 0.717) is 13.1 Å². The monoisotopic (exact) mass is 333 g/mol. The van der Waals surface area contributed by atoms with Crippen molar-refractivity contribution in [1.29, 1.82) is 0 Å². The number of hydrogen-bond donors (Lipinski definition) is 0. The molecule has 2 aromatic rings. The largest absolute Gasteiger partial charge is 0.375 e. The van der Waals surface area contributed by atoms with Gasteiger partial charge < -0.3 is 9.64 Å². The molecule has 0 bridgehead atoms. The number of amides is 1. The molecule has 0 unspecified atom stereocenters. The summed E-state index contributed by atoms with van der Waals surface area (Å²) < 4.78 is 6.40. The van der Waals surface area contributed by atoms with Crippen LogP contribution in [0.2, 0.25) is 0 Å². The molecule has 3 heterocycles. The fraction of sp³-hybridized carbons (Fsp3) is 0.438. The van der Waals surface area contributed by atoms with Crippen LogP contribution in [0.5, 0.6) is 0 Å². The first-order valence-corrected chi connectivity index (χ1v) is 8.47. The van der Waals surface area contributed by atoms with E-state index in [4.69, 9.17) is 4.74 Å². The summed E-state index contributed by atoms with van der Waals surface area (Å²) in [5, 5.41) is 6.44. The van der Waals surface area contributed by atoms with E-state index in [1.54, 1.807) is 28.4 Å². The Bertz CT molecular complexity index is 726. The second kappa shape index (κ2) is 7.06. The lowest BCUT2D eigenvalue weighted by Gasteiger charge is -2.24. The molecule has 1 aliphatic rings. The van der Waals surface area contributed by atoms with Crippen molar-refractivity contribution >= 4 is 17.2 Å². The molecule has 0 spiro atoms. The van der Waals surface area contributed by atoms with Gasteiger partial charge in [0.05, 0.1) is 17.5 Å². The summed E-state index contributed by atoms with van der Waals surface area (Å²) in [5.41, 5.74) is 0.642. The topological polar surface area (TPSA) is 64.4 Å². The van der Waals surface area contributed by atoms with Gasteiger partial charge in [0.1, 0.15) is 12.3 Å². The normalized spacial score (nSPS) is 17.6. The molecule has 1 saturated heterocycles. The summed E-state index contributed by atoms with van der Waals surface area (Å²) in [6, 6.07) is 7.22. The summed E-state index contributed by atoms with van der Waals surface area (Å²) in [6.45, 7) is 1.22. The molecule has 0 N–H and O–H groups in total. The Balaban J connectivity index is 1.80. The Kier molecular flexibility index (Phi) is 4.88. The standard InChI is InChI=1S/C16H19N3O3S/c1-22-11-16(21)18-8-2-4-12(18)10-19-15(20)7-6-13(17-19)14-5-3-9-23-14/h3,5-7,9,12H,2,4,8,10-11H2,1H3/t12-/m1/s1. The molecule has 1 fully saturated rings. The molecule has 1 aliphatic heterocycles. The Morgan fingerprint density at radius 2 is 2.30 bits per heavy atom. The summed E-state index contributed by atoms with van der Waals surface area (Å²) >= 11 is 1.59. The third-order valence-electron chi connectivity index (χ3n) is 3.99. The summed E-state index contributed by atoms with van der Waals surface area (Å²) in [4.78, 5) is 27.0. The number of carbonyl (C=O) groups excluding carboxylic acids is 1. The second-order valence-corrected chi connectivity index (χ2v) is 6.48. The minimum absolute atomic E-state index is 0.00133. The molecule has 0 aromatic carbocycles. The molecular weight excluding hydrogens is 314 g/mol. The predicted molar refractivity (Wildman–Crippen MR) is 88.4 cm³/mol. The van der Waals surface area contributed by atoms with Gasteiger partial charge in [0.15, 0.2) is 0 Å².